The van der Waals surface area contributed by atoms with Crippen molar-refractivity contribution < 1.29 is 9.53 Å². The van der Waals surface area contributed by atoms with E-state index in [1.54, 1.807) is 0 Å². The van der Waals surface area contributed by atoms with E-state index in [0.717, 1.165) is 6.42 Å². The second-order valence-corrected chi connectivity index (χ2v) is 3.95. The maximum Gasteiger partial charge on any atom is 0.332 e. The predicted molar refractivity (Wildman–Crippen MR) is 55.9 cm³/mol. The van der Waals surface area contributed by atoms with Crippen LogP contribution in [0.5, 0.6) is 0 Å². The largest absolute Gasteiger partial charge is 0.474 e. The normalized spacial score (nSPS) is 12.4. The third-order valence-corrected chi connectivity index (χ3v) is 1.18. The van der Waals surface area contributed by atoms with Crippen molar-refractivity contribution >= 4 is 11.9 Å². The van der Waals surface area contributed by atoms with Gasteiger partial charge in [-0.05, 0) is 27.2 Å². The Kier molecular flexibility index (Phi) is 4.97. The van der Waals surface area contributed by atoms with Crippen LogP contribution in [0, 0.1) is 0 Å². The van der Waals surface area contributed by atoms with Gasteiger partial charge >= 0.3 is 6.03 Å². The first kappa shape index (κ1) is 12.7. The van der Waals surface area contributed by atoms with E-state index in [0.29, 0.717) is 12.3 Å². The lowest BCUT2D eigenvalue weighted by Gasteiger charge is -2.21. The van der Waals surface area contributed by atoms with Crippen LogP contribution in [0.3, 0.4) is 0 Å². The zero-order valence-corrected chi connectivity index (χ0v) is 9.26. The van der Waals surface area contributed by atoms with E-state index in [9.17, 15) is 4.79 Å². The van der Waals surface area contributed by atoms with Crippen molar-refractivity contribution in [1.29, 1.82) is 0 Å². The van der Waals surface area contributed by atoms with Crippen LogP contribution >= 0.6 is 0 Å². The molecule has 0 atom stereocenters. The van der Waals surface area contributed by atoms with Gasteiger partial charge in [0.15, 0.2) is 0 Å². The van der Waals surface area contributed by atoms with Crippen LogP contribution in [0.2, 0.25) is 0 Å². The van der Waals surface area contributed by atoms with Crippen molar-refractivity contribution in [3.8, 4) is 0 Å². The van der Waals surface area contributed by atoms with Gasteiger partial charge in [-0.1, -0.05) is 6.92 Å². The highest BCUT2D eigenvalue weighted by Crippen LogP contribution is 2.09. The van der Waals surface area contributed by atoms with Gasteiger partial charge in [0.05, 0.1) is 0 Å². The maximum absolute atomic E-state index is 10.4. The molecule has 0 saturated heterocycles. The minimum atomic E-state index is -0.684. The summed E-state index contributed by atoms with van der Waals surface area (Å²) in [5.74, 6) is 0.499. The summed E-state index contributed by atoms with van der Waals surface area (Å²) in [6.07, 6.45) is 1.58. The minimum absolute atomic E-state index is 0.312. The number of rotatable bonds is 3. The molecule has 0 radical (unpaired) electrons. The van der Waals surface area contributed by atoms with Crippen molar-refractivity contribution in [3.05, 3.63) is 0 Å². The zero-order valence-electron chi connectivity index (χ0n) is 9.26. The van der Waals surface area contributed by atoms with Gasteiger partial charge in [-0.25, -0.2) is 10.2 Å². The monoisotopic (exact) mass is 201 g/mol. The molecular formula is C9H19N3O2. The van der Waals surface area contributed by atoms with Crippen LogP contribution in [0.1, 0.15) is 40.5 Å². The van der Waals surface area contributed by atoms with Crippen molar-refractivity contribution in [2.24, 2.45) is 10.8 Å². The summed E-state index contributed by atoms with van der Waals surface area (Å²) in [6.45, 7) is 7.76. The Labute approximate surface area is 84.7 Å². The molecule has 0 aliphatic heterocycles. The van der Waals surface area contributed by atoms with Gasteiger partial charge in [0.1, 0.15) is 5.60 Å². The highest BCUT2D eigenvalue weighted by molar-refractivity contribution is 5.79. The molecule has 0 unspecified atom stereocenters. The van der Waals surface area contributed by atoms with Gasteiger partial charge in [0, 0.05) is 6.42 Å². The summed E-state index contributed by atoms with van der Waals surface area (Å²) < 4.78 is 5.51. The highest BCUT2D eigenvalue weighted by Gasteiger charge is 2.14. The number of hydrogen-bond acceptors (Lipinski definition) is 3. The molecule has 14 heavy (non-hydrogen) atoms. The number of hydrogen-bond donors (Lipinski definition) is 2. The number of hydrazone groups is 1. The van der Waals surface area contributed by atoms with E-state index in [-0.39, 0.29) is 5.60 Å². The molecule has 0 spiro atoms. The Morgan fingerprint density at radius 1 is 1.50 bits per heavy atom. The molecule has 0 aromatic rings. The number of carbonyl (C=O) groups is 1. The molecule has 0 aromatic heterocycles. The number of nitrogens with two attached hydrogens (primary N) is 1. The van der Waals surface area contributed by atoms with E-state index in [1.807, 2.05) is 27.7 Å². The Balaban J connectivity index is 4.28. The van der Waals surface area contributed by atoms with E-state index < -0.39 is 6.03 Å². The fourth-order valence-electron chi connectivity index (χ4n) is 0.815. The second-order valence-electron chi connectivity index (χ2n) is 3.95. The third kappa shape index (κ3) is 7.39. The SMILES string of the molecule is CCCC(=NNC(N)=O)OC(C)(C)C. The number of urea groups is 1. The molecule has 2 amide bonds. The fourth-order valence-corrected chi connectivity index (χ4v) is 0.815. The molecule has 5 heteroatoms. The average Bonchev–Trinajstić information content (AvgIpc) is 1.98. The van der Waals surface area contributed by atoms with E-state index >= 15 is 0 Å². The molecule has 0 saturated carbocycles. The summed E-state index contributed by atoms with van der Waals surface area (Å²) in [5.41, 5.74) is 6.73. The number of primary amides is 1. The lowest BCUT2D eigenvalue weighted by Crippen LogP contribution is -2.29. The first-order valence-corrected chi connectivity index (χ1v) is 4.66. The van der Waals surface area contributed by atoms with Crippen LogP contribution in [-0.2, 0) is 4.74 Å². The van der Waals surface area contributed by atoms with Crippen LogP contribution in [0.4, 0.5) is 4.79 Å². The lowest BCUT2D eigenvalue weighted by atomic mass is 10.2. The van der Waals surface area contributed by atoms with Crippen LogP contribution < -0.4 is 11.2 Å². The number of carbonyl (C=O) groups excluding carboxylic acids is 1. The molecule has 3 N–H and O–H groups in total. The minimum Gasteiger partial charge on any atom is -0.474 e. The summed E-state index contributed by atoms with van der Waals surface area (Å²) in [7, 11) is 0. The summed E-state index contributed by atoms with van der Waals surface area (Å²) in [6, 6.07) is -0.684. The Morgan fingerprint density at radius 2 is 2.07 bits per heavy atom. The second kappa shape index (κ2) is 5.47. The average molecular weight is 201 g/mol. The standard InChI is InChI=1S/C9H19N3O2/c1-5-6-7(11-12-8(10)13)14-9(2,3)4/h5-6H2,1-4H3,(H3,10,12,13). The molecular weight excluding hydrogens is 182 g/mol. The molecule has 0 aliphatic rings. The van der Waals surface area contributed by atoms with Gasteiger partial charge in [0.25, 0.3) is 0 Å². The zero-order chi connectivity index (χ0) is 11.2. The first-order chi connectivity index (χ1) is 6.35. The Hall–Kier alpha value is -1.26. The number of nitrogens with one attached hydrogen (secondary N) is 1. The summed E-state index contributed by atoms with van der Waals surface area (Å²) in [5, 5.41) is 3.77. The molecule has 82 valence electrons. The number of ether oxygens (including phenoxy) is 1. The molecule has 0 rings (SSSR count). The highest BCUT2D eigenvalue weighted by atomic mass is 16.5. The molecule has 0 aromatic carbocycles. The molecule has 0 bridgehead atoms. The first-order valence-electron chi connectivity index (χ1n) is 4.66. The topological polar surface area (TPSA) is 76.7 Å². The Morgan fingerprint density at radius 3 is 2.43 bits per heavy atom. The van der Waals surface area contributed by atoms with Crippen molar-refractivity contribution in [3.63, 3.8) is 0 Å². The van der Waals surface area contributed by atoms with Crippen molar-refractivity contribution in [2.45, 2.75) is 46.1 Å². The summed E-state index contributed by atoms with van der Waals surface area (Å²) in [4.78, 5) is 10.4. The van der Waals surface area contributed by atoms with E-state index in [2.05, 4.69) is 10.5 Å². The van der Waals surface area contributed by atoms with Gasteiger partial charge in [-0.15, -0.1) is 5.10 Å². The lowest BCUT2D eigenvalue weighted by molar-refractivity contribution is 0.110. The van der Waals surface area contributed by atoms with Gasteiger partial charge in [-0.3, -0.25) is 0 Å². The molecule has 0 fully saturated rings. The van der Waals surface area contributed by atoms with Gasteiger partial charge in [0.2, 0.25) is 5.90 Å². The number of amides is 2. The molecule has 0 heterocycles. The molecule has 0 aliphatic carbocycles. The van der Waals surface area contributed by atoms with Crippen LogP contribution in [-0.4, -0.2) is 17.5 Å². The summed E-state index contributed by atoms with van der Waals surface area (Å²) >= 11 is 0. The van der Waals surface area contributed by atoms with E-state index in [1.165, 1.54) is 0 Å². The van der Waals surface area contributed by atoms with Gasteiger partial charge in [-0.2, -0.15) is 0 Å². The Bertz CT molecular complexity index is 219. The van der Waals surface area contributed by atoms with Crippen LogP contribution in [0.15, 0.2) is 5.10 Å². The molecule has 5 nitrogen and oxygen atoms in total. The number of nitrogens with zero attached hydrogens (tertiary/aromatic N) is 1. The van der Waals surface area contributed by atoms with E-state index in [4.69, 9.17) is 10.5 Å². The smallest absolute Gasteiger partial charge is 0.332 e. The third-order valence-electron chi connectivity index (χ3n) is 1.18. The van der Waals surface area contributed by atoms with Crippen molar-refractivity contribution in [2.75, 3.05) is 0 Å². The predicted octanol–water partition coefficient (Wildman–Crippen LogP) is 1.58. The fraction of sp³-hybridized carbons (Fsp3) is 0.778. The maximum atomic E-state index is 10.4. The van der Waals surface area contributed by atoms with Crippen molar-refractivity contribution in [1.82, 2.24) is 5.43 Å². The quantitative estimate of drug-likeness (QED) is 0.413. The van der Waals surface area contributed by atoms with Crippen LogP contribution in [0.25, 0.3) is 0 Å². The van der Waals surface area contributed by atoms with Gasteiger partial charge < -0.3 is 10.5 Å².